The van der Waals surface area contributed by atoms with Crippen molar-refractivity contribution in [2.45, 2.75) is 64.3 Å². The Morgan fingerprint density at radius 2 is 2.39 bits per heavy atom. The summed E-state index contributed by atoms with van der Waals surface area (Å²) in [5.74, 6) is 2.10. The fourth-order valence-corrected chi connectivity index (χ4v) is 3.31. The summed E-state index contributed by atoms with van der Waals surface area (Å²) in [5, 5.41) is 3.75. The molecule has 1 saturated heterocycles. The number of rotatable bonds is 7. The van der Waals surface area contributed by atoms with Crippen LogP contribution in [0.15, 0.2) is 35.2 Å². The molecule has 3 heterocycles. The molecule has 3 atom stereocenters. The van der Waals surface area contributed by atoms with Gasteiger partial charge in [0.2, 0.25) is 0 Å². The van der Waals surface area contributed by atoms with Crippen LogP contribution in [0.1, 0.15) is 50.8 Å². The van der Waals surface area contributed by atoms with E-state index in [1.807, 2.05) is 24.5 Å². The Kier molecular flexibility index (Phi) is 5.51. The Hall–Kier alpha value is -1.59. The van der Waals surface area contributed by atoms with Crippen LogP contribution in [-0.4, -0.2) is 28.2 Å². The molecule has 2 aromatic heterocycles. The Morgan fingerprint density at radius 1 is 1.48 bits per heavy atom. The van der Waals surface area contributed by atoms with Crippen molar-refractivity contribution >= 4 is 0 Å². The number of hydrogen-bond donors (Lipinski definition) is 1. The molecule has 0 amide bonds. The van der Waals surface area contributed by atoms with Gasteiger partial charge in [-0.15, -0.1) is 0 Å². The lowest BCUT2D eigenvalue weighted by molar-refractivity contribution is -0.0205. The van der Waals surface area contributed by atoms with Gasteiger partial charge in [0.15, 0.2) is 0 Å². The summed E-state index contributed by atoms with van der Waals surface area (Å²) in [5.41, 5.74) is 0. The molecule has 1 aliphatic rings. The van der Waals surface area contributed by atoms with Gasteiger partial charge in [-0.1, -0.05) is 0 Å². The van der Waals surface area contributed by atoms with E-state index in [0.29, 0.717) is 12.1 Å². The van der Waals surface area contributed by atoms with Gasteiger partial charge in [-0.05, 0) is 45.2 Å². The fraction of sp³-hybridized carbons (Fsp3) is 0.611. The van der Waals surface area contributed by atoms with Gasteiger partial charge in [0.1, 0.15) is 17.7 Å². The summed E-state index contributed by atoms with van der Waals surface area (Å²) in [4.78, 5) is 4.54. The molecule has 1 N–H and O–H groups in total. The Balaban J connectivity index is 1.60. The van der Waals surface area contributed by atoms with E-state index < -0.39 is 0 Å². The minimum atomic E-state index is 0.0461. The minimum absolute atomic E-state index is 0.0461. The second-order valence-corrected chi connectivity index (χ2v) is 6.30. The predicted octanol–water partition coefficient (Wildman–Crippen LogP) is 3.33. The van der Waals surface area contributed by atoms with E-state index in [9.17, 15) is 0 Å². The summed E-state index contributed by atoms with van der Waals surface area (Å²) < 4.78 is 13.7. The molecule has 0 radical (unpaired) electrons. The number of ether oxygens (including phenoxy) is 1. The zero-order chi connectivity index (χ0) is 16.1. The van der Waals surface area contributed by atoms with Crippen LogP contribution in [0.2, 0.25) is 0 Å². The van der Waals surface area contributed by atoms with Crippen molar-refractivity contribution in [3.63, 3.8) is 0 Å². The molecule has 0 bridgehead atoms. The highest BCUT2D eigenvalue weighted by Crippen LogP contribution is 2.28. The van der Waals surface area contributed by atoms with Crippen molar-refractivity contribution in [2.75, 3.05) is 6.61 Å². The molecule has 1 aliphatic heterocycles. The predicted molar refractivity (Wildman–Crippen MR) is 89.2 cm³/mol. The molecule has 5 heteroatoms. The first-order valence-corrected chi connectivity index (χ1v) is 8.69. The van der Waals surface area contributed by atoms with Gasteiger partial charge in [-0.2, -0.15) is 0 Å². The van der Waals surface area contributed by atoms with Gasteiger partial charge in [-0.3, -0.25) is 0 Å². The number of nitrogens with one attached hydrogen (secondary N) is 1. The second kappa shape index (κ2) is 7.79. The first kappa shape index (κ1) is 16.3. The summed E-state index contributed by atoms with van der Waals surface area (Å²) in [6.07, 6.45) is 9.94. The van der Waals surface area contributed by atoms with E-state index in [4.69, 9.17) is 9.15 Å². The van der Waals surface area contributed by atoms with Crippen LogP contribution in [-0.2, 0) is 17.7 Å². The van der Waals surface area contributed by atoms with Gasteiger partial charge < -0.3 is 19.0 Å². The largest absolute Gasteiger partial charge is 0.469 e. The van der Waals surface area contributed by atoms with Crippen LogP contribution in [0, 0.1) is 0 Å². The third-order valence-electron chi connectivity index (χ3n) is 4.57. The molecular weight excluding hydrogens is 290 g/mol. The number of aromatic nitrogens is 2. The van der Waals surface area contributed by atoms with E-state index in [1.165, 1.54) is 0 Å². The Bertz CT molecular complexity index is 579. The Labute approximate surface area is 138 Å². The lowest BCUT2D eigenvalue weighted by Gasteiger charge is -2.34. The molecule has 23 heavy (non-hydrogen) atoms. The number of nitrogens with zero attached hydrogens (tertiary/aromatic N) is 2. The van der Waals surface area contributed by atoms with Gasteiger partial charge in [0, 0.05) is 44.0 Å². The minimum Gasteiger partial charge on any atom is -0.469 e. The van der Waals surface area contributed by atoms with E-state index in [0.717, 1.165) is 50.4 Å². The monoisotopic (exact) mass is 317 g/mol. The van der Waals surface area contributed by atoms with Gasteiger partial charge in [-0.25, -0.2) is 4.98 Å². The number of hydrogen-bond acceptors (Lipinski definition) is 4. The SMILES string of the molecule is CCn1ccnc1[C@H]1OCCC[C@@H]1N[C@@H](C)CCc1ccco1. The number of imidazole rings is 1. The first-order chi connectivity index (χ1) is 11.3. The lowest BCUT2D eigenvalue weighted by atomic mass is 9.99. The van der Waals surface area contributed by atoms with Crippen molar-refractivity contribution < 1.29 is 9.15 Å². The molecular formula is C18H27N3O2. The molecule has 0 saturated carbocycles. The fourth-order valence-electron chi connectivity index (χ4n) is 3.31. The van der Waals surface area contributed by atoms with Crippen molar-refractivity contribution in [3.05, 3.63) is 42.4 Å². The molecule has 2 aromatic rings. The smallest absolute Gasteiger partial charge is 0.139 e. The third kappa shape index (κ3) is 4.03. The highest BCUT2D eigenvalue weighted by Gasteiger charge is 2.31. The number of aryl methyl sites for hydroxylation is 2. The van der Waals surface area contributed by atoms with Crippen LogP contribution in [0.5, 0.6) is 0 Å². The maximum Gasteiger partial charge on any atom is 0.139 e. The molecule has 0 unspecified atom stereocenters. The van der Waals surface area contributed by atoms with Crippen LogP contribution in [0.25, 0.3) is 0 Å². The van der Waals surface area contributed by atoms with Crippen LogP contribution < -0.4 is 5.32 Å². The number of furan rings is 1. The molecule has 0 aromatic carbocycles. The van der Waals surface area contributed by atoms with Crippen LogP contribution in [0.4, 0.5) is 0 Å². The Morgan fingerprint density at radius 3 is 3.17 bits per heavy atom. The van der Waals surface area contributed by atoms with Crippen molar-refractivity contribution in [3.8, 4) is 0 Å². The van der Waals surface area contributed by atoms with Crippen molar-refractivity contribution in [1.29, 1.82) is 0 Å². The second-order valence-electron chi connectivity index (χ2n) is 6.30. The van der Waals surface area contributed by atoms with E-state index in [-0.39, 0.29) is 6.10 Å². The van der Waals surface area contributed by atoms with E-state index >= 15 is 0 Å². The molecule has 126 valence electrons. The lowest BCUT2D eigenvalue weighted by Crippen LogP contribution is -2.44. The summed E-state index contributed by atoms with van der Waals surface area (Å²) in [6.45, 7) is 6.12. The molecule has 0 aliphatic carbocycles. The summed E-state index contributed by atoms with van der Waals surface area (Å²) >= 11 is 0. The van der Waals surface area contributed by atoms with E-state index in [2.05, 4.69) is 28.7 Å². The van der Waals surface area contributed by atoms with Crippen molar-refractivity contribution in [1.82, 2.24) is 14.9 Å². The summed E-state index contributed by atoms with van der Waals surface area (Å²) in [6, 6.07) is 4.72. The van der Waals surface area contributed by atoms with Crippen molar-refractivity contribution in [2.24, 2.45) is 0 Å². The van der Waals surface area contributed by atoms with Crippen LogP contribution in [0.3, 0.4) is 0 Å². The molecule has 1 fully saturated rings. The maximum atomic E-state index is 6.06. The molecule has 3 rings (SSSR count). The van der Waals surface area contributed by atoms with E-state index in [1.54, 1.807) is 6.26 Å². The topological polar surface area (TPSA) is 52.2 Å². The highest BCUT2D eigenvalue weighted by atomic mass is 16.5. The van der Waals surface area contributed by atoms with Crippen LogP contribution >= 0.6 is 0 Å². The van der Waals surface area contributed by atoms with Gasteiger partial charge >= 0.3 is 0 Å². The average Bonchev–Trinajstić information content (AvgIpc) is 3.24. The standard InChI is InChI=1S/C18H27N3O2/c1-3-21-11-10-19-18(21)17-16(7-5-13-23-17)20-14(2)8-9-15-6-4-12-22-15/h4,6,10-12,14,16-17,20H,3,5,7-9,13H2,1-2H3/t14-,16-,17-/m0/s1. The summed E-state index contributed by atoms with van der Waals surface area (Å²) in [7, 11) is 0. The highest BCUT2D eigenvalue weighted by molar-refractivity contribution is 5.03. The zero-order valence-electron chi connectivity index (χ0n) is 14.1. The normalized spacial score (nSPS) is 23.0. The quantitative estimate of drug-likeness (QED) is 0.851. The zero-order valence-corrected chi connectivity index (χ0v) is 14.1. The van der Waals surface area contributed by atoms with Gasteiger partial charge in [0.05, 0.1) is 6.26 Å². The third-order valence-corrected chi connectivity index (χ3v) is 4.57. The maximum absolute atomic E-state index is 6.06. The molecule has 0 spiro atoms. The first-order valence-electron chi connectivity index (χ1n) is 8.69. The average molecular weight is 317 g/mol. The van der Waals surface area contributed by atoms with Gasteiger partial charge in [0.25, 0.3) is 0 Å². The molecule has 5 nitrogen and oxygen atoms in total.